The Balaban J connectivity index is 2.06. The van der Waals surface area contributed by atoms with Crippen molar-refractivity contribution in [3.63, 3.8) is 0 Å². The van der Waals surface area contributed by atoms with E-state index >= 15 is 0 Å². The molecule has 0 aliphatic heterocycles. The highest BCUT2D eigenvalue weighted by molar-refractivity contribution is 6.08. The summed E-state index contributed by atoms with van der Waals surface area (Å²) in [5.41, 5.74) is 0.201. The van der Waals surface area contributed by atoms with Crippen molar-refractivity contribution < 1.29 is 23.1 Å². The van der Waals surface area contributed by atoms with Crippen LogP contribution in [0, 0.1) is 0 Å². The van der Waals surface area contributed by atoms with Gasteiger partial charge in [-0.05, 0) is 35.7 Å². The predicted molar refractivity (Wildman–Crippen MR) is 85.6 cm³/mol. The molecule has 0 amide bonds. The van der Waals surface area contributed by atoms with Crippen LogP contribution < -0.4 is 5.32 Å². The Bertz CT molecular complexity index is 920. The number of benzene rings is 3. The van der Waals surface area contributed by atoms with E-state index in [1.54, 1.807) is 30.3 Å². The van der Waals surface area contributed by atoms with E-state index in [0.29, 0.717) is 16.5 Å². The number of carboxylic acid groups (broad SMARTS) is 1. The number of hydrogen-bond acceptors (Lipinski definition) is 2. The van der Waals surface area contributed by atoms with Crippen LogP contribution in [0.25, 0.3) is 10.8 Å². The van der Waals surface area contributed by atoms with Gasteiger partial charge in [-0.1, -0.05) is 30.3 Å². The summed E-state index contributed by atoms with van der Waals surface area (Å²) in [7, 11) is 0. The zero-order valence-electron chi connectivity index (χ0n) is 12.3. The van der Waals surface area contributed by atoms with Gasteiger partial charge in [0.25, 0.3) is 0 Å². The van der Waals surface area contributed by atoms with Crippen molar-refractivity contribution >= 4 is 28.1 Å². The number of carboxylic acids is 1. The van der Waals surface area contributed by atoms with Crippen LogP contribution in [0.5, 0.6) is 0 Å². The van der Waals surface area contributed by atoms with E-state index in [1.165, 1.54) is 18.2 Å². The maximum atomic E-state index is 12.8. The lowest BCUT2D eigenvalue weighted by Gasteiger charge is -2.13. The smallest absolute Gasteiger partial charge is 0.416 e. The van der Waals surface area contributed by atoms with Crippen LogP contribution in [0.1, 0.15) is 15.9 Å². The number of fused-ring (bicyclic) bond motifs is 1. The highest BCUT2D eigenvalue weighted by Crippen LogP contribution is 2.33. The summed E-state index contributed by atoms with van der Waals surface area (Å²) in [5.74, 6) is -1.06. The standard InChI is InChI=1S/C18H12F3NO2/c19-18(20,21)11-4-3-5-12(10-11)22-16-9-8-15(17(23)24)13-6-1-2-7-14(13)16/h1-10,22H,(H,23,24). The lowest BCUT2D eigenvalue weighted by molar-refractivity contribution is -0.137. The number of halogens is 3. The molecule has 2 N–H and O–H groups in total. The zero-order chi connectivity index (χ0) is 17.3. The van der Waals surface area contributed by atoms with E-state index < -0.39 is 17.7 Å². The van der Waals surface area contributed by atoms with E-state index in [2.05, 4.69) is 5.32 Å². The molecule has 3 nitrogen and oxygen atoms in total. The van der Waals surface area contributed by atoms with Gasteiger partial charge in [0.05, 0.1) is 11.1 Å². The molecule has 0 aliphatic carbocycles. The average molecular weight is 331 g/mol. The molecule has 0 aliphatic rings. The summed E-state index contributed by atoms with van der Waals surface area (Å²) in [6, 6.07) is 14.7. The average Bonchev–Trinajstić information content (AvgIpc) is 2.54. The van der Waals surface area contributed by atoms with E-state index in [1.807, 2.05) is 0 Å². The summed E-state index contributed by atoms with van der Waals surface area (Å²) in [5, 5.41) is 13.3. The van der Waals surface area contributed by atoms with Crippen LogP contribution in [0.2, 0.25) is 0 Å². The fourth-order valence-corrected chi connectivity index (χ4v) is 2.52. The number of carbonyl (C=O) groups is 1. The first-order valence-electron chi connectivity index (χ1n) is 7.05. The summed E-state index contributed by atoms with van der Waals surface area (Å²) in [6.45, 7) is 0. The highest BCUT2D eigenvalue weighted by atomic mass is 19.4. The largest absolute Gasteiger partial charge is 0.478 e. The van der Waals surface area contributed by atoms with Crippen molar-refractivity contribution in [3.8, 4) is 0 Å². The molecule has 0 aromatic heterocycles. The Labute approximate surface area is 135 Å². The van der Waals surface area contributed by atoms with Crippen molar-refractivity contribution in [2.75, 3.05) is 5.32 Å². The minimum absolute atomic E-state index is 0.139. The molecule has 0 atom stereocenters. The SMILES string of the molecule is O=C(O)c1ccc(Nc2cccc(C(F)(F)F)c2)c2ccccc12. The predicted octanol–water partition coefficient (Wildman–Crippen LogP) is 5.30. The van der Waals surface area contributed by atoms with Gasteiger partial charge in [-0.3, -0.25) is 0 Å². The summed E-state index contributed by atoms with van der Waals surface area (Å²) < 4.78 is 38.4. The molecule has 0 spiro atoms. The Morgan fingerprint density at radius 3 is 2.29 bits per heavy atom. The van der Waals surface area contributed by atoms with E-state index in [4.69, 9.17) is 0 Å². The van der Waals surface area contributed by atoms with Crippen molar-refractivity contribution in [2.24, 2.45) is 0 Å². The third-order valence-electron chi connectivity index (χ3n) is 3.62. The second-order valence-electron chi connectivity index (χ2n) is 5.21. The fraction of sp³-hybridized carbons (Fsp3) is 0.0556. The lowest BCUT2D eigenvalue weighted by Crippen LogP contribution is -2.05. The van der Waals surface area contributed by atoms with Gasteiger partial charge < -0.3 is 10.4 Å². The molecule has 24 heavy (non-hydrogen) atoms. The summed E-state index contributed by atoms with van der Waals surface area (Å²) >= 11 is 0. The van der Waals surface area contributed by atoms with Gasteiger partial charge in [0.2, 0.25) is 0 Å². The number of hydrogen-bond donors (Lipinski definition) is 2. The van der Waals surface area contributed by atoms with Crippen molar-refractivity contribution in [3.05, 3.63) is 71.8 Å². The number of anilines is 2. The van der Waals surface area contributed by atoms with E-state index in [-0.39, 0.29) is 11.3 Å². The molecule has 0 saturated carbocycles. The maximum Gasteiger partial charge on any atom is 0.416 e. The number of aromatic carboxylic acids is 1. The van der Waals surface area contributed by atoms with Crippen LogP contribution in [0.4, 0.5) is 24.5 Å². The van der Waals surface area contributed by atoms with Gasteiger partial charge in [0.1, 0.15) is 0 Å². The van der Waals surface area contributed by atoms with Gasteiger partial charge in [-0.15, -0.1) is 0 Å². The third-order valence-corrected chi connectivity index (χ3v) is 3.62. The van der Waals surface area contributed by atoms with Crippen LogP contribution in [0.3, 0.4) is 0 Å². The summed E-state index contributed by atoms with van der Waals surface area (Å²) in [4.78, 5) is 11.3. The molecule has 0 fully saturated rings. The molecule has 3 rings (SSSR count). The van der Waals surface area contributed by atoms with Crippen molar-refractivity contribution in [1.29, 1.82) is 0 Å². The number of alkyl halides is 3. The van der Waals surface area contributed by atoms with Crippen LogP contribution in [0.15, 0.2) is 60.7 Å². The Morgan fingerprint density at radius 1 is 0.917 bits per heavy atom. The van der Waals surface area contributed by atoms with Gasteiger partial charge in [-0.25, -0.2) is 4.79 Å². The molecule has 3 aromatic rings. The Hall–Kier alpha value is -3.02. The highest BCUT2D eigenvalue weighted by Gasteiger charge is 2.30. The van der Waals surface area contributed by atoms with E-state index in [9.17, 15) is 23.1 Å². The van der Waals surface area contributed by atoms with Crippen LogP contribution >= 0.6 is 0 Å². The minimum Gasteiger partial charge on any atom is -0.478 e. The third kappa shape index (κ3) is 3.03. The topological polar surface area (TPSA) is 49.3 Å². The van der Waals surface area contributed by atoms with Crippen LogP contribution in [-0.2, 0) is 6.18 Å². The van der Waals surface area contributed by atoms with Gasteiger partial charge in [-0.2, -0.15) is 13.2 Å². The molecule has 6 heteroatoms. The first-order valence-corrected chi connectivity index (χ1v) is 7.05. The molecular weight excluding hydrogens is 319 g/mol. The van der Waals surface area contributed by atoms with Crippen molar-refractivity contribution in [2.45, 2.75) is 6.18 Å². The van der Waals surface area contributed by atoms with Gasteiger partial charge in [0, 0.05) is 16.8 Å². The molecule has 122 valence electrons. The lowest BCUT2D eigenvalue weighted by atomic mass is 10.0. The van der Waals surface area contributed by atoms with Crippen molar-refractivity contribution in [1.82, 2.24) is 0 Å². The molecule has 0 bridgehead atoms. The van der Waals surface area contributed by atoms with Gasteiger partial charge >= 0.3 is 12.1 Å². The Morgan fingerprint density at radius 2 is 1.62 bits per heavy atom. The molecule has 0 unspecified atom stereocenters. The monoisotopic (exact) mass is 331 g/mol. The van der Waals surface area contributed by atoms with Crippen LogP contribution in [-0.4, -0.2) is 11.1 Å². The molecule has 3 aromatic carbocycles. The molecular formula is C18H12F3NO2. The molecule has 0 saturated heterocycles. The summed E-state index contributed by atoms with van der Waals surface area (Å²) in [6.07, 6.45) is -4.42. The maximum absolute atomic E-state index is 12.8. The molecule has 0 heterocycles. The normalized spacial score (nSPS) is 11.5. The Kier molecular flexibility index (Phi) is 3.89. The number of rotatable bonds is 3. The molecule has 0 radical (unpaired) electrons. The quantitative estimate of drug-likeness (QED) is 0.684. The fourth-order valence-electron chi connectivity index (χ4n) is 2.52. The first kappa shape index (κ1) is 15.9. The minimum atomic E-state index is -4.42. The second-order valence-corrected chi connectivity index (χ2v) is 5.21. The van der Waals surface area contributed by atoms with E-state index in [0.717, 1.165) is 12.1 Å². The second kappa shape index (κ2) is 5.88. The first-order chi connectivity index (χ1) is 11.4. The van der Waals surface area contributed by atoms with Gasteiger partial charge in [0.15, 0.2) is 0 Å². The number of nitrogens with one attached hydrogen (secondary N) is 1. The zero-order valence-corrected chi connectivity index (χ0v) is 12.3.